The summed E-state index contributed by atoms with van der Waals surface area (Å²) in [6.07, 6.45) is 6.76. The van der Waals surface area contributed by atoms with Crippen molar-refractivity contribution in [2.75, 3.05) is 0 Å². The highest BCUT2D eigenvalue weighted by atomic mass is 16.3. The van der Waals surface area contributed by atoms with Crippen molar-refractivity contribution in [3.63, 3.8) is 0 Å². The minimum Gasteiger partial charge on any atom is -0.400 e. The van der Waals surface area contributed by atoms with Gasteiger partial charge in [-0.25, -0.2) is 0 Å². The van der Waals surface area contributed by atoms with E-state index in [9.17, 15) is 5.11 Å². The molecule has 0 heterocycles. The van der Waals surface area contributed by atoms with Gasteiger partial charge in [0.1, 0.15) is 7.85 Å². The van der Waals surface area contributed by atoms with Gasteiger partial charge in [0.2, 0.25) is 0 Å². The fraction of sp³-hybridized carbons (Fsp3) is 1.00. The highest BCUT2D eigenvalue weighted by molar-refractivity contribution is 6.14. The quantitative estimate of drug-likeness (QED) is 0.626. The summed E-state index contributed by atoms with van der Waals surface area (Å²) in [5.74, 6) is 4.15. The summed E-state index contributed by atoms with van der Waals surface area (Å²) in [6.45, 7) is 1.78. The SMILES string of the molecule is [B]C(C)(O)C1CC2C3CCC(C3)C2C1. The first-order chi connectivity index (χ1) is 6.55. The van der Waals surface area contributed by atoms with Gasteiger partial charge >= 0.3 is 0 Å². The monoisotopic (exact) mass is 190 g/mol. The summed E-state index contributed by atoms with van der Waals surface area (Å²) < 4.78 is 0. The van der Waals surface area contributed by atoms with Crippen molar-refractivity contribution in [3.8, 4) is 0 Å². The summed E-state index contributed by atoms with van der Waals surface area (Å²) in [4.78, 5) is 0. The van der Waals surface area contributed by atoms with Crippen LogP contribution in [-0.2, 0) is 0 Å². The van der Waals surface area contributed by atoms with Crippen LogP contribution in [0.5, 0.6) is 0 Å². The van der Waals surface area contributed by atoms with E-state index in [2.05, 4.69) is 0 Å². The van der Waals surface area contributed by atoms with E-state index in [1.165, 1.54) is 32.1 Å². The number of hydrogen-bond acceptors (Lipinski definition) is 1. The minimum atomic E-state index is -0.927. The van der Waals surface area contributed by atoms with Crippen LogP contribution >= 0.6 is 0 Å². The molecule has 0 aromatic heterocycles. The van der Waals surface area contributed by atoms with Crippen LogP contribution in [0, 0.1) is 29.6 Å². The second-order valence-corrected chi connectivity index (χ2v) is 6.06. The summed E-state index contributed by atoms with van der Waals surface area (Å²) in [7, 11) is 5.81. The van der Waals surface area contributed by atoms with Gasteiger partial charge in [0.05, 0.1) is 0 Å². The van der Waals surface area contributed by atoms with Crippen LogP contribution in [0.3, 0.4) is 0 Å². The van der Waals surface area contributed by atoms with Crippen molar-refractivity contribution < 1.29 is 5.11 Å². The Bertz CT molecular complexity index is 227. The maximum absolute atomic E-state index is 9.84. The molecule has 0 aromatic carbocycles. The van der Waals surface area contributed by atoms with Crippen molar-refractivity contribution in [2.24, 2.45) is 29.6 Å². The molecule has 3 aliphatic carbocycles. The first-order valence-corrected chi connectivity index (χ1v) is 6.07. The van der Waals surface area contributed by atoms with Crippen molar-refractivity contribution in [1.82, 2.24) is 0 Å². The lowest BCUT2D eigenvalue weighted by Crippen LogP contribution is -2.33. The van der Waals surface area contributed by atoms with Crippen LogP contribution in [0.2, 0.25) is 0 Å². The highest BCUT2D eigenvalue weighted by Gasteiger charge is 2.53. The molecule has 5 unspecified atom stereocenters. The number of hydrogen-bond donors (Lipinski definition) is 1. The third kappa shape index (κ3) is 1.19. The zero-order valence-electron chi connectivity index (χ0n) is 8.95. The van der Waals surface area contributed by atoms with Crippen molar-refractivity contribution in [3.05, 3.63) is 0 Å². The van der Waals surface area contributed by atoms with Gasteiger partial charge in [-0.2, -0.15) is 0 Å². The number of rotatable bonds is 1. The Morgan fingerprint density at radius 1 is 1.07 bits per heavy atom. The maximum Gasteiger partial charge on any atom is 0.113 e. The summed E-state index contributed by atoms with van der Waals surface area (Å²) in [6, 6.07) is 0. The van der Waals surface area contributed by atoms with Gasteiger partial charge < -0.3 is 5.11 Å². The van der Waals surface area contributed by atoms with Crippen LogP contribution in [0.4, 0.5) is 0 Å². The van der Waals surface area contributed by atoms with E-state index in [-0.39, 0.29) is 0 Å². The number of aliphatic hydroxyl groups is 1. The third-order valence-electron chi connectivity index (χ3n) is 5.21. The lowest BCUT2D eigenvalue weighted by molar-refractivity contribution is 0.0776. The van der Waals surface area contributed by atoms with E-state index < -0.39 is 5.50 Å². The molecule has 3 aliphatic rings. The Hall–Kier alpha value is 0.0249. The van der Waals surface area contributed by atoms with Crippen LogP contribution in [0.25, 0.3) is 0 Å². The summed E-state index contributed by atoms with van der Waals surface area (Å²) in [5.41, 5.74) is -0.927. The normalized spacial score (nSPS) is 54.6. The Morgan fingerprint density at radius 3 is 2.00 bits per heavy atom. The van der Waals surface area contributed by atoms with Gasteiger partial charge in [-0.15, -0.1) is 0 Å². The minimum absolute atomic E-state index is 0.362. The van der Waals surface area contributed by atoms with E-state index in [0.29, 0.717) is 5.92 Å². The molecule has 0 spiro atoms. The second kappa shape index (κ2) is 2.78. The smallest absolute Gasteiger partial charge is 0.113 e. The molecule has 0 saturated heterocycles. The Morgan fingerprint density at radius 2 is 1.57 bits per heavy atom. The van der Waals surface area contributed by atoms with Gasteiger partial charge in [0, 0.05) is 5.50 Å². The molecule has 3 rings (SSSR count). The molecule has 0 amide bonds. The van der Waals surface area contributed by atoms with E-state index in [1.54, 1.807) is 6.92 Å². The Kier molecular flexibility index (Phi) is 1.84. The standard InChI is InChI=1S/C12H19BO/c1-12(13,14)9-5-10-7-2-3-8(4-7)11(10)6-9/h7-11,14H,2-6H2,1H3. The lowest BCUT2D eigenvalue weighted by atomic mass is 9.71. The van der Waals surface area contributed by atoms with Crippen LogP contribution < -0.4 is 0 Å². The Balaban J connectivity index is 1.77. The van der Waals surface area contributed by atoms with E-state index in [1.807, 2.05) is 0 Å². The molecule has 0 aliphatic heterocycles. The largest absolute Gasteiger partial charge is 0.400 e. The van der Waals surface area contributed by atoms with E-state index in [0.717, 1.165) is 23.7 Å². The van der Waals surface area contributed by atoms with Gasteiger partial charge in [-0.3, -0.25) is 0 Å². The molecule has 5 atom stereocenters. The zero-order chi connectivity index (χ0) is 9.92. The van der Waals surface area contributed by atoms with Crippen LogP contribution in [0.1, 0.15) is 39.0 Å². The average Bonchev–Trinajstić information content (AvgIpc) is 2.74. The maximum atomic E-state index is 9.84. The van der Waals surface area contributed by atoms with Crippen LogP contribution in [0.15, 0.2) is 0 Å². The second-order valence-electron chi connectivity index (χ2n) is 6.06. The van der Waals surface area contributed by atoms with Gasteiger partial charge in [-0.05, 0) is 68.6 Å². The van der Waals surface area contributed by atoms with Crippen molar-refractivity contribution in [2.45, 2.75) is 44.5 Å². The molecule has 3 fully saturated rings. The molecular formula is C12H19BO. The van der Waals surface area contributed by atoms with Gasteiger partial charge in [-0.1, -0.05) is 0 Å². The molecule has 1 nitrogen and oxygen atoms in total. The Labute approximate surface area is 87.7 Å². The molecule has 2 heteroatoms. The molecule has 3 saturated carbocycles. The topological polar surface area (TPSA) is 20.2 Å². The average molecular weight is 190 g/mol. The predicted molar refractivity (Wildman–Crippen MR) is 56.9 cm³/mol. The molecule has 14 heavy (non-hydrogen) atoms. The molecule has 2 bridgehead atoms. The predicted octanol–water partition coefficient (Wildman–Crippen LogP) is 1.94. The first kappa shape index (κ1) is 9.27. The third-order valence-corrected chi connectivity index (χ3v) is 5.21. The fourth-order valence-electron chi connectivity index (χ4n) is 4.49. The number of fused-ring (bicyclic) bond motifs is 5. The van der Waals surface area contributed by atoms with E-state index >= 15 is 0 Å². The highest BCUT2D eigenvalue weighted by Crippen LogP contribution is 2.61. The van der Waals surface area contributed by atoms with Gasteiger partial charge in [0.25, 0.3) is 0 Å². The molecule has 76 valence electrons. The lowest BCUT2D eigenvalue weighted by Gasteiger charge is -2.27. The molecule has 2 radical (unpaired) electrons. The summed E-state index contributed by atoms with van der Waals surface area (Å²) in [5, 5.41) is 9.84. The van der Waals surface area contributed by atoms with Gasteiger partial charge in [0.15, 0.2) is 0 Å². The molecule has 1 N–H and O–H groups in total. The summed E-state index contributed by atoms with van der Waals surface area (Å²) >= 11 is 0. The zero-order valence-corrected chi connectivity index (χ0v) is 8.95. The molecular weight excluding hydrogens is 171 g/mol. The fourth-order valence-corrected chi connectivity index (χ4v) is 4.49. The first-order valence-electron chi connectivity index (χ1n) is 6.07. The van der Waals surface area contributed by atoms with E-state index in [4.69, 9.17) is 7.85 Å². The van der Waals surface area contributed by atoms with Crippen molar-refractivity contribution in [1.29, 1.82) is 0 Å². The van der Waals surface area contributed by atoms with Crippen LogP contribution in [-0.4, -0.2) is 18.5 Å². The molecule has 0 aromatic rings. The van der Waals surface area contributed by atoms with Crippen molar-refractivity contribution >= 4 is 7.85 Å².